The molecule has 3 unspecified atom stereocenters. The van der Waals surface area contributed by atoms with Gasteiger partial charge in [-0.05, 0) is 44.9 Å². The van der Waals surface area contributed by atoms with E-state index in [1.54, 1.807) is 0 Å². The van der Waals surface area contributed by atoms with Crippen LogP contribution in [0, 0.1) is 5.92 Å². The Kier molecular flexibility index (Phi) is 5.04. The molecular formula is C15H26O3. The lowest BCUT2D eigenvalue weighted by atomic mass is 9.95. The number of hydrogen-bond acceptors (Lipinski definition) is 3. The molecule has 3 heteroatoms. The third kappa shape index (κ3) is 3.25. The fourth-order valence-corrected chi connectivity index (χ4v) is 3.16. The first-order valence-electron chi connectivity index (χ1n) is 7.60. The predicted molar refractivity (Wildman–Crippen MR) is 70.3 cm³/mol. The monoisotopic (exact) mass is 254 g/mol. The summed E-state index contributed by atoms with van der Waals surface area (Å²) in [6.07, 6.45) is 9.03. The number of carbonyl (C=O) groups excluding carboxylic acids is 1. The number of carbonyl (C=O) groups is 1. The van der Waals surface area contributed by atoms with Gasteiger partial charge in [-0.2, -0.15) is 0 Å². The number of rotatable bonds is 4. The van der Waals surface area contributed by atoms with Crippen LogP contribution in [-0.4, -0.2) is 24.3 Å². The van der Waals surface area contributed by atoms with Gasteiger partial charge in [-0.25, -0.2) is 0 Å². The molecule has 18 heavy (non-hydrogen) atoms. The van der Waals surface area contributed by atoms with Crippen LogP contribution in [0.3, 0.4) is 0 Å². The van der Waals surface area contributed by atoms with Gasteiger partial charge in [-0.1, -0.05) is 20.3 Å². The van der Waals surface area contributed by atoms with E-state index in [1.807, 2.05) is 0 Å². The van der Waals surface area contributed by atoms with E-state index in [0.717, 1.165) is 32.1 Å². The minimum atomic E-state index is -0.0260. The average molecular weight is 254 g/mol. The molecular weight excluding hydrogens is 228 g/mol. The second-order valence-corrected chi connectivity index (χ2v) is 5.65. The summed E-state index contributed by atoms with van der Waals surface area (Å²) in [5.74, 6) is -0.0356. The predicted octanol–water partition coefficient (Wildman–Crippen LogP) is 3.46. The van der Waals surface area contributed by atoms with Gasteiger partial charge in [0.05, 0.1) is 18.1 Å². The average Bonchev–Trinajstić information content (AvgIpc) is 2.83. The van der Waals surface area contributed by atoms with Gasteiger partial charge in [0, 0.05) is 0 Å². The van der Waals surface area contributed by atoms with Crippen molar-refractivity contribution in [3.05, 3.63) is 0 Å². The van der Waals surface area contributed by atoms with Crippen LogP contribution >= 0.6 is 0 Å². The second-order valence-electron chi connectivity index (χ2n) is 5.65. The fraction of sp³-hybridized carbons (Fsp3) is 0.933. The van der Waals surface area contributed by atoms with Gasteiger partial charge in [0.15, 0.2) is 0 Å². The summed E-state index contributed by atoms with van der Waals surface area (Å²) in [7, 11) is 0. The SMILES string of the molecule is CCC1CC(C(=O)OC2CCCCC2)C(CC)O1. The summed E-state index contributed by atoms with van der Waals surface area (Å²) in [6, 6.07) is 0. The molecule has 0 N–H and O–H groups in total. The summed E-state index contributed by atoms with van der Waals surface area (Å²) < 4.78 is 11.6. The third-order valence-corrected chi connectivity index (χ3v) is 4.33. The van der Waals surface area contributed by atoms with Crippen molar-refractivity contribution in [1.29, 1.82) is 0 Å². The van der Waals surface area contributed by atoms with Crippen LogP contribution in [0.1, 0.15) is 65.2 Å². The minimum Gasteiger partial charge on any atom is -0.462 e. The van der Waals surface area contributed by atoms with E-state index < -0.39 is 0 Å². The highest BCUT2D eigenvalue weighted by atomic mass is 16.6. The van der Waals surface area contributed by atoms with Crippen LogP contribution < -0.4 is 0 Å². The zero-order chi connectivity index (χ0) is 13.0. The van der Waals surface area contributed by atoms with Crippen molar-refractivity contribution in [2.45, 2.75) is 83.5 Å². The van der Waals surface area contributed by atoms with E-state index in [0.29, 0.717) is 0 Å². The topological polar surface area (TPSA) is 35.5 Å². The first-order valence-corrected chi connectivity index (χ1v) is 7.60. The van der Waals surface area contributed by atoms with E-state index in [9.17, 15) is 4.79 Å². The van der Waals surface area contributed by atoms with Crippen molar-refractivity contribution in [2.24, 2.45) is 5.92 Å². The van der Waals surface area contributed by atoms with Crippen molar-refractivity contribution in [3.8, 4) is 0 Å². The molecule has 3 atom stereocenters. The van der Waals surface area contributed by atoms with E-state index in [4.69, 9.17) is 9.47 Å². The summed E-state index contributed by atoms with van der Waals surface area (Å²) in [6.45, 7) is 4.20. The van der Waals surface area contributed by atoms with Crippen molar-refractivity contribution in [2.75, 3.05) is 0 Å². The van der Waals surface area contributed by atoms with E-state index in [2.05, 4.69) is 13.8 Å². The lowest BCUT2D eigenvalue weighted by Gasteiger charge is -2.24. The van der Waals surface area contributed by atoms with Crippen molar-refractivity contribution < 1.29 is 14.3 Å². The molecule has 0 amide bonds. The highest BCUT2D eigenvalue weighted by molar-refractivity contribution is 5.73. The molecule has 2 fully saturated rings. The Morgan fingerprint density at radius 2 is 1.89 bits per heavy atom. The third-order valence-electron chi connectivity index (χ3n) is 4.33. The van der Waals surface area contributed by atoms with Gasteiger partial charge < -0.3 is 9.47 Å². The molecule has 0 aromatic rings. The Balaban J connectivity index is 1.86. The maximum atomic E-state index is 12.2. The summed E-state index contributed by atoms with van der Waals surface area (Å²) >= 11 is 0. The molecule has 0 aromatic carbocycles. The molecule has 0 radical (unpaired) electrons. The van der Waals surface area contributed by atoms with Gasteiger partial charge in [-0.15, -0.1) is 0 Å². The smallest absolute Gasteiger partial charge is 0.311 e. The second kappa shape index (κ2) is 6.55. The largest absolute Gasteiger partial charge is 0.462 e. The van der Waals surface area contributed by atoms with Crippen LogP contribution in [0.15, 0.2) is 0 Å². The van der Waals surface area contributed by atoms with Gasteiger partial charge in [0.25, 0.3) is 0 Å². The highest BCUT2D eigenvalue weighted by Gasteiger charge is 2.39. The Bertz CT molecular complexity index is 271. The lowest BCUT2D eigenvalue weighted by molar-refractivity contribution is -0.157. The first kappa shape index (κ1) is 13.9. The zero-order valence-electron chi connectivity index (χ0n) is 11.7. The maximum Gasteiger partial charge on any atom is 0.311 e. The van der Waals surface area contributed by atoms with E-state index in [-0.39, 0.29) is 30.2 Å². The molecule has 2 rings (SSSR count). The standard InChI is InChI=1S/C15H26O3/c1-3-11-10-13(14(4-2)17-11)15(16)18-12-8-6-5-7-9-12/h11-14H,3-10H2,1-2H3. The first-order chi connectivity index (χ1) is 8.74. The fourth-order valence-electron chi connectivity index (χ4n) is 3.16. The summed E-state index contributed by atoms with van der Waals surface area (Å²) in [5.41, 5.74) is 0. The molecule has 2 aliphatic rings. The van der Waals surface area contributed by atoms with Crippen LogP contribution in [-0.2, 0) is 14.3 Å². The van der Waals surface area contributed by atoms with Gasteiger partial charge in [0.1, 0.15) is 6.10 Å². The quantitative estimate of drug-likeness (QED) is 0.721. The molecule has 0 bridgehead atoms. The summed E-state index contributed by atoms with van der Waals surface area (Å²) in [4.78, 5) is 12.2. The van der Waals surface area contributed by atoms with Crippen molar-refractivity contribution in [1.82, 2.24) is 0 Å². The van der Waals surface area contributed by atoms with Crippen molar-refractivity contribution in [3.63, 3.8) is 0 Å². The molecule has 1 saturated heterocycles. The van der Waals surface area contributed by atoms with Crippen LogP contribution in [0.2, 0.25) is 0 Å². The Labute approximate surface area is 110 Å². The molecule has 3 nitrogen and oxygen atoms in total. The van der Waals surface area contributed by atoms with E-state index >= 15 is 0 Å². The number of hydrogen-bond donors (Lipinski definition) is 0. The Hall–Kier alpha value is -0.570. The highest BCUT2D eigenvalue weighted by Crippen LogP contribution is 2.32. The molecule has 1 heterocycles. The van der Waals surface area contributed by atoms with Gasteiger partial charge in [-0.3, -0.25) is 4.79 Å². The van der Waals surface area contributed by atoms with E-state index in [1.165, 1.54) is 19.3 Å². The zero-order valence-corrected chi connectivity index (χ0v) is 11.7. The van der Waals surface area contributed by atoms with Crippen LogP contribution in [0.25, 0.3) is 0 Å². The number of esters is 1. The summed E-state index contributed by atoms with van der Waals surface area (Å²) in [5, 5.41) is 0. The molecule has 0 aromatic heterocycles. The molecule has 1 aliphatic heterocycles. The van der Waals surface area contributed by atoms with Crippen molar-refractivity contribution >= 4 is 5.97 Å². The Morgan fingerprint density at radius 3 is 2.50 bits per heavy atom. The van der Waals surface area contributed by atoms with Gasteiger partial charge in [0.2, 0.25) is 0 Å². The van der Waals surface area contributed by atoms with Crippen LogP contribution in [0.4, 0.5) is 0 Å². The molecule has 104 valence electrons. The lowest BCUT2D eigenvalue weighted by Crippen LogP contribution is -2.30. The van der Waals surface area contributed by atoms with Gasteiger partial charge >= 0.3 is 5.97 Å². The molecule has 0 spiro atoms. The Morgan fingerprint density at radius 1 is 1.17 bits per heavy atom. The van der Waals surface area contributed by atoms with Crippen LogP contribution in [0.5, 0.6) is 0 Å². The molecule has 1 aliphatic carbocycles. The molecule has 1 saturated carbocycles. The minimum absolute atomic E-state index is 0.00954. The number of ether oxygens (including phenoxy) is 2. The normalized spacial score (nSPS) is 33.6. The maximum absolute atomic E-state index is 12.2.